The van der Waals surface area contributed by atoms with Gasteiger partial charge in [-0.1, -0.05) is 0 Å². The van der Waals surface area contributed by atoms with Gasteiger partial charge in [0, 0.05) is 38.6 Å². The molecule has 1 atom stereocenters. The lowest BCUT2D eigenvalue weighted by molar-refractivity contribution is -0.170. The van der Waals surface area contributed by atoms with Gasteiger partial charge in [-0.3, -0.25) is 4.79 Å². The fourth-order valence-electron chi connectivity index (χ4n) is 4.07. The molecule has 2 fully saturated rings. The van der Waals surface area contributed by atoms with E-state index in [9.17, 15) is 13.2 Å². The number of hydrogen-bond donors (Lipinski definition) is 1. The standard InChI is InChI=1S/C18H29N5O4S/c1-21(2)11-7-19-16(24)15-13-22-12-8-20-17(22)18(27-15)5-9-23(10-6-18)28(25,26)14-3-4-14/h8,12,14-15H,3-7,9-11,13H2,1-2H3,(H,19,24)/t15-/m1/s1. The number of nitrogens with zero attached hydrogens (tertiary/aromatic N) is 4. The van der Waals surface area contributed by atoms with Crippen LogP contribution in [0.5, 0.6) is 0 Å². The molecule has 1 aromatic heterocycles. The van der Waals surface area contributed by atoms with E-state index in [0.29, 0.717) is 39.0 Å². The molecule has 10 heteroatoms. The molecular weight excluding hydrogens is 382 g/mol. The average Bonchev–Trinajstić information content (AvgIpc) is 3.41. The van der Waals surface area contributed by atoms with E-state index in [4.69, 9.17) is 4.74 Å². The second-order valence-electron chi connectivity index (χ2n) is 8.24. The van der Waals surface area contributed by atoms with Crippen LogP contribution in [0.3, 0.4) is 0 Å². The predicted octanol–water partition coefficient (Wildman–Crippen LogP) is -0.257. The Kier molecular flexibility index (Phi) is 5.24. The van der Waals surface area contributed by atoms with Crippen molar-refractivity contribution < 1.29 is 17.9 Å². The molecule has 4 rings (SSSR count). The third-order valence-electron chi connectivity index (χ3n) is 5.84. The molecule has 0 unspecified atom stereocenters. The van der Waals surface area contributed by atoms with Crippen LogP contribution in [-0.4, -0.2) is 84.7 Å². The molecule has 3 heterocycles. The highest BCUT2D eigenvalue weighted by Crippen LogP contribution is 2.42. The summed E-state index contributed by atoms with van der Waals surface area (Å²) in [5.74, 6) is 0.668. The van der Waals surface area contributed by atoms with E-state index < -0.39 is 21.7 Å². The molecular formula is C18H29N5O4S. The maximum Gasteiger partial charge on any atom is 0.251 e. The van der Waals surface area contributed by atoms with E-state index >= 15 is 0 Å². The van der Waals surface area contributed by atoms with Crippen molar-refractivity contribution in [3.8, 4) is 0 Å². The normalized spacial score (nSPS) is 25.0. The zero-order valence-electron chi connectivity index (χ0n) is 16.5. The molecule has 0 aromatic carbocycles. The first-order valence-corrected chi connectivity index (χ1v) is 11.4. The Morgan fingerprint density at radius 2 is 2.07 bits per heavy atom. The third-order valence-corrected chi connectivity index (χ3v) is 8.24. The summed E-state index contributed by atoms with van der Waals surface area (Å²) < 4.78 is 35.0. The smallest absolute Gasteiger partial charge is 0.251 e. The maximum absolute atomic E-state index is 12.7. The molecule has 0 bridgehead atoms. The van der Waals surface area contributed by atoms with Crippen molar-refractivity contribution in [2.75, 3.05) is 40.3 Å². The van der Waals surface area contributed by atoms with Crippen LogP contribution >= 0.6 is 0 Å². The van der Waals surface area contributed by atoms with Crippen LogP contribution in [0.4, 0.5) is 0 Å². The molecule has 1 aromatic rings. The summed E-state index contributed by atoms with van der Waals surface area (Å²) in [6.45, 7) is 2.55. The number of sulfonamides is 1. The summed E-state index contributed by atoms with van der Waals surface area (Å²) in [6, 6.07) is 0. The summed E-state index contributed by atoms with van der Waals surface area (Å²) in [5, 5.41) is 2.74. The number of carbonyl (C=O) groups excluding carboxylic acids is 1. The molecule has 1 aliphatic carbocycles. The van der Waals surface area contributed by atoms with Crippen LogP contribution in [0.2, 0.25) is 0 Å². The number of rotatable bonds is 6. The molecule has 1 saturated heterocycles. The van der Waals surface area contributed by atoms with Crippen LogP contribution in [0.15, 0.2) is 12.4 Å². The van der Waals surface area contributed by atoms with Crippen molar-refractivity contribution in [2.45, 2.75) is 49.2 Å². The first-order valence-electron chi connectivity index (χ1n) is 9.93. The minimum atomic E-state index is -3.19. The molecule has 1 N–H and O–H groups in total. The number of carbonyl (C=O) groups is 1. The van der Waals surface area contributed by atoms with E-state index in [0.717, 1.165) is 25.2 Å². The number of likely N-dealkylation sites (N-methyl/N-ethyl adjacent to an activating group) is 1. The first-order chi connectivity index (χ1) is 13.3. The minimum absolute atomic E-state index is 0.131. The molecule has 3 aliphatic rings. The SMILES string of the molecule is CN(C)CCNC(=O)[C@H]1Cn2ccnc2C2(CCN(S(=O)(=O)C3CC3)CC2)O1. The van der Waals surface area contributed by atoms with Crippen LogP contribution in [0.25, 0.3) is 0 Å². The van der Waals surface area contributed by atoms with Crippen LogP contribution in [-0.2, 0) is 31.7 Å². The molecule has 2 aliphatic heterocycles. The van der Waals surface area contributed by atoms with Gasteiger partial charge in [0.15, 0.2) is 6.10 Å². The van der Waals surface area contributed by atoms with E-state index in [1.807, 2.05) is 29.8 Å². The Bertz CT molecular complexity index is 825. The van der Waals surface area contributed by atoms with Gasteiger partial charge in [0.05, 0.1) is 11.8 Å². The molecule has 1 saturated carbocycles. The second-order valence-corrected chi connectivity index (χ2v) is 10.5. The maximum atomic E-state index is 12.7. The summed E-state index contributed by atoms with van der Waals surface area (Å²) in [6.07, 6.45) is 5.54. The topological polar surface area (TPSA) is 96.8 Å². The van der Waals surface area contributed by atoms with Gasteiger partial charge in [0.1, 0.15) is 11.4 Å². The number of ether oxygens (including phenoxy) is 1. The molecule has 28 heavy (non-hydrogen) atoms. The largest absolute Gasteiger partial charge is 0.352 e. The lowest BCUT2D eigenvalue weighted by Gasteiger charge is -2.45. The lowest BCUT2D eigenvalue weighted by atomic mass is 9.89. The number of imidazole rings is 1. The summed E-state index contributed by atoms with van der Waals surface area (Å²) in [4.78, 5) is 19.2. The summed E-state index contributed by atoms with van der Waals surface area (Å²) in [7, 11) is 0.724. The van der Waals surface area contributed by atoms with E-state index in [2.05, 4.69) is 10.3 Å². The Hall–Kier alpha value is -1.49. The number of aromatic nitrogens is 2. The summed E-state index contributed by atoms with van der Waals surface area (Å²) in [5.41, 5.74) is -0.707. The highest BCUT2D eigenvalue weighted by atomic mass is 32.2. The van der Waals surface area contributed by atoms with Gasteiger partial charge < -0.3 is 19.5 Å². The monoisotopic (exact) mass is 411 g/mol. The van der Waals surface area contributed by atoms with Gasteiger partial charge in [-0.25, -0.2) is 17.7 Å². The van der Waals surface area contributed by atoms with E-state index in [-0.39, 0.29) is 11.2 Å². The predicted molar refractivity (Wildman–Crippen MR) is 103 cm³/mol. The van der Waals surface area contributed by atoms with E-state index in [1.165, 1.54) is 0 Å². The molecule has 1 amide bonds. The van der Waals surface area contributed by atoms with Crippen molar-refractivity contribution in [3.63, 3.8) is 0 Å². The molecule has 9 nitrogen and oxygen atoms in total. The van der Waals surface area contributed by atoms with Gasteiger partial charge in [-0.15, -0.1) is 0 Å². The van der Waals surface area contributed by atoms with E-state index in [1.54, 1.807) is 10.5 Å². The lowest BCUT2D eigenvalue weighted by Crippen LogP contribution is -2.55. The molecule has 1 spiro atoms. The van der Waals surface area contributed by atoms with Gasteiger partial charge in [0.25, 0.3) is 5.91 Å². The van der Waals surface area contributed by atoms with Crippen LogP contribution < -0.4 is 5.32 Å². The number of fused-ring (bicyclic) bond motifs is 2. The minimum Gasteiger partial charge on any atom is -0.352 e. The van der Waals surface area contributed by atoms with Gasteiger partial charge in [-0.05, 0) is 39.8 Å². The van der Waals surface area contributed by atoms with Crippen molar-refractivity contribution in [1.82, 2.24) is 24.1 Å². The van der Waals surface area contributed by atoms with Crippen molar-refractivity contribution in [1.29, 1.82) is 0 Å². The zero-order chi connectivity index (χ0) is 19.9. The number of nitrogens with one attached hydrogen (secondary N) is 1. The van der Waals surface area contributed by atoms with Crippen molar-refractivity contribution in [3.05, 3.63) is 18.2 Å². The van der Waals surface area contributed by atoms with Gasteiger partial charge in [-0.2, -0.15) is 0 Å². The number of hydrogen-bond acceptors (Lipinski definition) is 6. The van der Waals surface area contributed by atoms with Crippen LogP contribution in [0.1, 0.15) is 31.5 Å². The highest BCUT2D eigenvalue weighted by Gasteiger charge is 2.50. The Balaban J connectivity index is 1.47. The molecule has 156 valence electrons. The fourth-order valence-corrected chi connectivity index (χ4v) is 5.91. The van der Waals surface area contributed by atoms with Gasteiger partial charge in [0.2, 0.25) is 10.0 Å². The van der Waals surface area contributed by atoms with Gasteiger partial charge >= 0.3 is 0 Å². The third kappa shape index (κ3) is 3.70. The Morgan fingerprint density at radius 3 is 2.71 bits per heavy atom. The second kappa shape index (κ2) is 7.40. The number of piperidine rings is 1. The average molecular weight is 412 g/mol. The Morgan fingerprint density at radius 1 is 1.36 bits per heavy atom. The van der Waals surface area contributed by atoms with Crippen molar-refractivity contribution >= 4 is 15.9 Å². The zero-order valence-corrected chi connectivity index (χ0v) is 17.3. The van der Waals surface area contributed by atoms with Crippen LogP contribution in [0, 0.1) is 0 Å². The number of amides is 1. The Labute approximate surface area is 166 Å². The first kappa shape index (κ1) is 19.8. The quantitative estimate of drug-likeness (QED) is 0.693. The molecule has 0 radical (unpaired) electrons. The fraction of sp³-hybridized carbons (Fsp3) is 0.778. The summed E-state index contributed by atoms with van der Waals surface area (Å²) >= 11 is 0. The van der Waals surface area contributed by atoms with Crippen molar-refractivity contribution in [2.24, 2.45) is 0 Å². The highest BCUT2D eigenvalue weighted by molar-refractivity contribution is 7.90.